The summed E-state index contributed by atoms with van der Waals surface area (Å²) in [5.74, 6) is -0.440. The van der Waals surface area contributed by atoms with Crippen LogP contribution in [-0.2, 0) is 6.54 Å². The van der Waals surface area contributed by atoms with Gasteiger partial charge in [0.05, 0.1) is 5.69 Å². The van der Waals surface area contributed by atoms with Crippen molar-refractivity contribution < 1.29 is 4.79 Å². The molecule has 2 heterocycles. The van der Waals surface area contributed by atoms with Crippen molar-refractivity contribution in [3.05, 3.63) is 88.3 Å². The van der Waals surface area contributed by atoms with Crippen LogP contribution >= 0.6 is 0 Å². The number of rotatable bonds is 6. The van der Waals surface area contributed by atoms with Crippen molar-refractivity contribution in [2.45, 2.75) is 6.54 Å². The monoisotopic (exact) mass is 417 g/mol. The molecule has 0 atom stereocenters. The van der Waals surface area contributed by atoms with Crippen molar-refractivity contribution in [3.63, 3.8) is 0 Å². The molecule has 31 heavy (non-hydrogen) atoms. The number of H-pyrrole nitrogens is 1. The summed E-state index contributed by atoms with van der Waals surface area (Å²) in [4.78, 5) is 32.5. The number of hydrogen-bond acceptors (Lipinski definition) is 5. The fourth-order valence-corrected chi connectivity index (χ4v) is 3.66. The lowest BCUT2D eigenvalue weighted by Crippen LogP contribution is -2.44. The number of carbonyl (C=O) groups is 1. The first-order valence-corrected chi connectivity index (χ1v) is 10.4. The van der Waals surface area contributed by atoms with Gasteiger partial charge in [0.15, 0.2) is 0 Å². The number of pyridine rings is 1. The Morgan fingerprint density at radius 2 is 1.68 bits per heavy atom. The highest BCUT2D eigenvalue weighted by molar-refractivity contribution is 6.07. The van der Waals surface area contributed by atoms with Crippen molar-refractivity contribution in [2.75, 3.05) is 48.8 Å². The zero-order valence-corrected chi connectivity index (χ0v) is 17.6. The lowest BCUT2D eigenvalue weighted by Gasteiger charge is -2.34. The Morgan fingerprint density at radius 1 is 0.968 bits per heavy atom. The average molecular weight is 418 g/mol. The molecular weight excluding hydrogens is 390 g/mol. The van der Waals surface area contributed by atoms with Crippen LogP contribution in [-0.4, -0.2) is 49.0 Å². The number of benzene rings is 2. The summed E-state index contributed by atoms with van der Waals surface area (Å²) in [6, 6.07) is 19.3. The Kier molecular flexibility index (Phi) is 6.33. The second-order valence-electron chi connectivity index (χ2n) is 7.73. The molecule has 1 amide bonds. The van der Waals surface area contributed by atoms with Gasteiger partial charge in [-0.05, 0) is 42.9 Å². The largest absolute Gasteiger partial charge is 0.380 e. The number of anilines is 3. The molecule has 7 heteroatoms. The molecule has 1 aliphatic heterocycles. The summed E-state index contributed by atoms with van der Waals surface area (Å²) in [7, 11) is 2.13. The second-order valence-corrected chi connectivity index (χ2v) is 7.73. The number of piperazine rings is 1. The van der Waals surface area contributed by atoms with Gasteiger partial charge in [0, 0.05) is 50.3 Å². The van der Waals surface area contributed by atoms with Crippen molar-refractivity contribution in [2.24, 2.45) is 0 Å². The van der Waals surface area contributed by atoms with Crippen LogP contribution in [0.2, 0.25) is 0 Å². The number of carbonyl (C=O) groups excluding carboxylic acids is 1. The van der Waals surface area contributed by atoms with Gasteiger partial charge in [0.2, 0.25) is 0 Å². The molecular formula is C24H27N5O2. The predicted octanol–water partition coefficient (Wildman–Crippen LogP) is 2.99. The van der Waals surface area contributed by atoms with Gasteiger partial charge in [-0.3, -0.25) is 9.59 Å². The minimum atomic E-state index is -0.440. The molecule has 1 fully saturated rings. The summed E-state index contributed by atoms with van der Waals surface area (Å²) < 4.78 is 0. The van der Waals surface area contributed by atoms with Gasteiger partial charge in [-0.2, -0.15) is 0 Å². The SMILES string of the molecule is CN1CCN(c2ccc(NC(=O)c3c(NCc4ccccc4)cc[nH]c3=O)cc2)CC1. The van der Waals surface area contributed by atoms with E-state index in [1.807, 2.05) is 54.6 Å². The normalized spacial score (nSPS) is 14.3. The van der Waals surface area contributed by atoms with Crippen LogP contribution in [0.4, 0.5) is 17.1 Å². The first-order chi connectivity index (χ1) is 15.1. The number of aromatic amines is 1. The molecule has 0 aliphatic carbocycles. The molecule has 0 bridgehead atoms. The molecule has 1 aromatic heterocycles. The summed E-state index contributed by atoms with van der Waals surface area (Å²) in [6.07, 6.45) is 1.54. The first-order valence-electron chi connectivity index (χ1n) is 10.4. The molecule has 0 spiro atoms. The summed E-state index contributed by atoms with van der Waals surface area (Å²) in [6.45, 7) is 4.56. The molecule has 0 unspecified atom stereocenters. The number of likely N-dealkylation sites (N-methyl/N-ethyl adjacent to an activating group) is 1. The van der Waals surface area contributed by atoms with E-state index in [0.717, 1.165) is 37.4 Å². The Hall–Kier alpha value is -3.58. The summed E-state index contributed by atoms with van der Waals surface area (Å²) in [5, 5.41) is 6.05. The van der Waals surface area contributed by atoms with Crippen molar-refractivity contribution in [3.8, 4) is 0 Å². The molecule has 7 nitrogen and oxygen atoms in total. The number of amides is 1. The standard InChI is InChI=1S/C24H27N5O2/c1-28-13-15-29(16-14-28)20-9-7-19(8-10-20)27-24(31)22-21(11-12-25-23(22)30)26-17-18-5-3-2-4-6-18/h2-12H,13-17H2,1H3,(H,27,31)(H2,25,26,30). The number of hydrogen-bond donors (Lipinski definition) is 3. The Balaban J connectivity index is 1.45. The molecule has 4 rings (SSSR count). The average Bonchev–Trinajstić information content (AvgIpc) is 2.79. The Bertz CT molecular complexity index is 1070. The van der Waals surface area contributed by atoms with Gasteiger partial charge >= 0.3 is 0 Å². The molecule has 0 saturated carbocycles. The number of nitrogens with zero attached hydrogens (tertiary/aromatic N) is 2. The molecule has 160 valence electrons. The third-order valence-electron chi connectivity index (χ3n) is 5.51. The predicted molar refractivity (Wildman–Crippen MR) is 125 cm³/mol. The minimum absolute atomic E-state index is 0.0709. The zero-order chi connectivity index (χ0) is 21.6. The van der Waals surface area contributed by atoms with E-state index in [1.54, 1.807) is 6.07 Å². The third-order valence-corrected chi connectivity index (χ3v) is 5.51. The molecule has 1 aliphatic rings. The van der Waals surface area contributed by atoms with Gasteiger partial charge in [0.25, 0.3) is 11.5 Å². The van der Waals surface area contributed by atoms with E-state index in [0.29, 0.717) is 17.9 Å². The first kappa shape index (κ1) is 20.7. The fraction of sp³-hybridized carbons (Fsp3) is 0.250. The lowest BCUT2D eigenvalue weighted by atomic mass is 10.1. The van der Waals surface area contributed by atoms with E-state index in [1.165, 1.54) is 6.20 Å². The smallest absolute Gasteiger partial charge is 0.263 e. The Morgan fingerprint density at radius 3 is 2.39 bits per heavy atom. The maximum atomic E-state index is 12.9. The van der Waals surface area contributed by atoms with Crippen LogP contribution in [0, 0.1) is 0 Å². The van der Waals surface area contributed by atoms with Gasteiger partial charge < -0.3 is 25.4 Å². The fourth-order valence-electron chi connectivity index (χ4n) is 3.66. The highest BCUT2D eigenvalue weighted by Gasteiger charge is 2.17. The van der Waals surface area contributed by atoms with Crippen molar-refractivity contribution in [1.29, 1.82) is 0 Å². The highest BCUT2D eigenvalue weighted by atomic mass is 16.2. The zero-order valence-electron chi connectivity index (χ0n) is 17.6. The molecule has 1 saturated heterocycles. The Labute approximate surface area is 181 Å². The van der Waals surface area contributed by atoms with Crippen LogP contribution in [0.5, 0.6) is 0 Å². The van der Waals surface area contributed by atoms with E-state index in [9.17, 15) is 9.59 Å². The van der Waals surface area contributed by atoms with E-state index in [2.05, 4.69) is 32.5 Å². The van der Waals surface area contributed by atoms with Crippen LogP contribution < -0.4 is 21.1 Å². The lowest BCUT2D eigenvalue weighted by molar-refractivity contribution is 0.102. The van der Waals surface area contributed by atoms with Gasteiger partial charge in [0.1, 0.15) is 5.56 Å². The van der Waals surface area contributed by atoms with E-state index in [4.69, 9.17) is 0 Å². The minimum Gasteiger partial charge on any atom is -0.380 e. The van der Waals surface area contributed by atoms with Gasteiger partial charge in [-0.25, -0.2) is 0 Å². The van der Waals surface area contributed by atoms with Crippen LogP contribution in [0.25, 0.3) is 0 Å². The van der Waals surface area contributed by atoms with E-state index in [-0.39, 0.29) is 5.56 Å². The van der Waals surface area contributed by atoms with Crippen LogP contribution in [0.3, 0.4) is 0 Å². The van der Waals surface area contributed by atoms with E-state index >= 15 is 0 Å². The quantitative estimate of drug-likeness (QED) is 0.575. The van der Waals surface area contributed by atoms with Crippen molar-refractivity contribution in [1.82, 2.24) is 9.88 Å². The highest BCUT2D eigenvalue weighted by Crippen LogP contribution is 2.20. The number of aromatic nitrogens is 1. The molecule has 2 aromatic carbocycles. The topological polar surface area (TPSA) is 80.5 Å². The number of nitrogens with one attached hydrogen (secondary N) is 3. The molecule has 3 N–H and O–H groups in total. The van der Waals surface area contributed by atoms with Crippen molar-refractivity contribution >= 4 is 23.0 Å². The van der Waals surface area contributed by atoms with Crippen LogP contribution in [0.15, 0.2) is 71.7 Å². The maximum Gasteiger partial charge on any atom is 0.263 e. The van der Waals surface area contributed by atoms with Gasteiger partial charge in [-0.15, -0.1) is 0 Å². The summed E-state index contributed by atoms with van der Waals surface area (Å²) >= 11 is 0. The second kappa shape index (κ2) is 9.49. The van der Waals surface area contributed by atoms with Crippen LogP contribution in [0.1, 0.15) is 15.9 Å². The maximum absolute atomic E-state index is 12.9. The summed E-state index contributed by atoms with van der Waals surface area (Å²) in [5.41, 5.74) is 2.99. The van der Waals surface area contributed by atoms with E-state index < -0.39 is 11.5 Å². The third kappa shape index (κ3) is 5.13. The molecule has 0 radical (unpaired) electrons. The molecule has 3 aromatic rings. The van der Waals surface area contributed by atoms with Gasteiger partial charge in [-0.1, -0.05) is 30.3 Å².